The summed E-state index contributed by atoms with van der Waals surface area (Å²) in [6.45, 7) is 8.40. The van der Waals surface area contributed by atoms with Gasteiger partial charge in [-0.25, -0.2) is 0 Å². The third-order valence-electron chi connectivity index (χ3n) is 2.10. The SMILES string of the molecule is CCCNCCS(=O)CC(C)CC. The minimum absolute atomic E-state index is 0.604. The maximum Gasteiger partial charge on any atom is 0.0360 e. The van der Waals surface area contributed by atoms with Gasteiger partial charge in [0.15, 0.2) is 0 Å². The lowest BCUT2D eigenvalue weighted by atomic mass is 10.2. The van der Waals surface area contributed by atoms with Crippen molar-refractivity contribution >= 4 is 10.8 Å². The summed E-state index contributed by atoms with van der Waals surface area (Å²) in [5, 5.41) is 3.26. The molecule has 0 aliphatic heterocycles. The highest BCUT2D eigenvalue weighted by molar-refractivity contribution is 7.85. The summed E-state index contributed by atoms with van der Waals surface area (Å²) in [5.74, 6) is 2.28. The van der Waals surface area contributed by atoms with Gasteiger partial charge in [0.05, 0.1) is 0 Å². The molecule has 0 aromatic heterocycles. The average molecular weight is 205 g/mol. The van der Waals surface area contributed by atoms with E-state index in [1.165, 1.54) is 0 Å². The first-order chi connectivity index (χ1) is 6.20. The Bertz CT molecular complexity index is 139. The van der Waals surface area contributed by atoms with Crippen LogP contribution in [0.25, 0.3) is 0 Å². The maximum absolute atomic E-state index is 11.4. The Kier molecular flexibility index (Phi) is 8.77. The molecule has 2 nitrogen and oxygen atoms in total. The second-order valence-electron chi connectivity index (χ2n) is 3.57. The Morgan fingerprint density at radius 1 is 1.31 bits per heavy atom. The van der Waals surface area contributed by atoms with E-state index >= 15 is 0 Å². The normalized spacial score (nSPS) is 15.6. The van der Waals surface area contributed by atoms with Crippen LogP contribution in [0.4, 0.5) is 0 Å². The molecule has 3 heteroatoms. The molecule has 80 valence electrons. The molecule has 0 saturated carbocycles. The van der Waals surface area contributed by atoms with Gasteiger partial charge in [-0.1, -0.05) is 27.2 Å². The van der Waals surface area contributed by atoms with Gasteiger partial charge in [-0.15, -0.1) is 0 Å². The smallest absolute Gasteiger partial charge is 0.0360 e. The number of hydrogen-bond donors (Lipinski definition) is 1. The fourth-order valence-electron chi connectivity index (χ4n) is 1.01. The average Bonchev–Trinajstić information content (AvgIpc) is 2.12. The highest BCUT2D eigenvalue weighted by Crippen LogP contribution is 2.02. The highest BCUT2D eigenvalue weighted by Gasteiger charge is 2.04. The second-order valence-corrected chi connectivity index (χ2v) is 5.20. The molecule has 0 aliphatic rings. The molecule has 1 N–H and O–H groups in total. The van der Waals surface area contributed by atoms with Crippen LogP contribution in [-0.4, -0.2) is 28.8 Å². The van der Waals surface area contributed by atoms with E-state index in [2.05, 4.69) is 26.1 Å². The fourth-order valence-corrected chi connectivity index (χ4v) is 2.42. The van der Waals surface area contributed by atoms with Gasteiger partial charge in [0, 0.05) is 28.9 Å². The van der Waals surface area contributed by atoms with Crippen LogP contribution in [0, 0.1) is 5.92 Å². The van der Waals surface area contributed by atoms with E-state index in [0.717, 1.165) is 37.4 Å². The Morgan fingerprint density at radius 2 is 2.00 bits per heavy atom. The molecule has 0 radical (unpaired) electrons. The lowest BCUT2D eigenvalue weighted by molar-refractivity contribution is 0.613. The molecule has 2 unspecified atom stereocenters. The number of hydrogen-bond acceptors (Lipinski definition) is 2. The topological polar surface area (TPSA) is 29.1 Å². The molecule has 0 fully saturated rings. The summed E-state index contributed by atoms with van der Waals surface area (Å²) in [6.07, 6.45) is 2.28. The molecule has 0 amide bonds. The number of nitrogens with one attached hydrogen (secondary N) is 1. The summed E-state index contributed by atoms with van der Waals surface area (Å²) in [5.41, 5.74) is 0. The van der Waals surface area contributed by atoms with Crippen LogP contribution >= 0.6 is 0 Å². The van der Waals surface area contributed by atoms with Crippen LogP contribution in [0.15, 0.2) is 0 Å². The van der Waals surface area contributed by atoms with E-state index in [9.17, 15) is 4.21 Å². The zero-order valence-electron chi connectivity index (χ0n) is 9.14. The Balaban J connectivity index is 3.30. The van der Waals surface area contributed by atoms with Gasteiger partial charge in [-0.05, 0) is 18.9 Å². The molecule has 0 rings (SSSR count). The van der Waals surface area contributed by atoms with Gasteiger partial charge in [0.1, 0.15) is 0 Å². The summed E-state index contributed by atoms with van der Waals surface area (Å²) in [7, 11) is -0.616. The fraction of sp³-hybridized carbons (Fsp3) is 1.00. The first-order valence-electron chi connectivity index (χ1n) is 5.26. The molecule has 13 heavy (non-hydrogen) atoms. The molecule has 0 saturated heterocycles. The van der Waals surface area contributed by atoms with Crippen molar-refractivity contribution in [2.75, 3.05) is 24.6 Å². The molecular weight excluding hydrogens is 182 g/mol. The minimum atomic E-state index is -0.616. The summed E-state index contributed by atoms with van der Waals surface area (Å²) >= 11 is 0. The monoisotopic (exact) mass is 205 g/mol. The molecule has 0 aliphatic carbocycles. The third kappa shape index (κ3) is 8.44. The quantitative estimate of drug-likeness (QED) is 0.612. The van der Waals surface area contributed by atoms with Crippen molar-refractivity contribution in [2.45, 2.75) is 33.6 Å². The van der Waals surface area contributed by atoms with Crippen molar-refractivity contribution in [3.05, 3.63) is 0 Å². The van der Waals surface area contributed by atoms with Crippen molar-refractivity contribution in [1.29, 1.82) is 0 Å². The standard InChI is InChI=1S/C10H23NOS/c1-4-6-11-7-8-13(12)9-10(3)5-2/h10-11H,4-9H2,1-3H3. The van der Waals surface area contributed by atoms with Crippen molar-refractivity contribution in [2.24, 2.45) is 5.92 Å². The van der Waals surface area contributed by atoms with E-state index < -0.39 is 10.8 Å². The van der Waals surface area contributed by atoms with Gasteiger partial charge in [-0.2, -0.15) is 0 Å². The van der Waals surface area contributed by atoms with E-state index in [1.807, 2.05) is 0 Å². The van der Waals surface area contributed by atoms with Crippen LogP contribution < -0.4 is 5.32 Å². The van der Waals surface area contributed by atoms with E-state index in [4.69, 9.17) is 0 Å². The van der Waals surface area contributed by atoms with E-state index in [-0.39, 0.29) is 0 Å². The van der Waals surface area contributed by atoms with Crippen molar-refractivity contribution < 1.29 is 4.21 Å². The van der Waals surface area contributed by atoms with Crippen LogP contribution in [0.2, 0.25) is 0 Å². The third-order valence-corrected chi connectivity index (χ3v) is 3.70. The lowest BCUT2D eigenvalue weighted by Gasteiger charge is -2.08. The predicted molar refractivity (Wildman–Crippen MR) is 60.5 cm³/mol. The number of rotatable bonds is 8. The maximum atomic E-state index is 11.4. The van der Waals surface area contributed by atoms with E-state index in [1.54, 1.807) is 0 Å². The molecule has 0 spiro atoms. The van der Waals surface area contributed by atoms with Gasteiger partial charge >= 0.3 is 0 Å². The molecule has 0 aromatic carbocycles. The summed E-state index contributed by atoms with van der Waals surface area (Å²) in [6, 6.07) is 0. The summed E-state index contributed by atoms with van der Waals surface area (Å²) < 4.78 is 11.4. The van der Waals surface area contributed by atoms with Gasteiger partial charge in [0.25, 0.3) is 0 Å². The van der Waals surface area contributed by atoms with E-state index in [0.29, 0.717) is 5.92 Å². The predicted octanol–water partition coefficient (Wildman–Crippen LogP) is 1.78. The highest BCUT2D eigenvalue weighted by atomic mass is 32.2. The lowest BCUT2D eigenvalue weighted by Crippen LogP contribution is -2.23. The van der Waals surface area contributed by atoms with Crippen LogP contribution in [-0.2, 0) is 10.8 Å². The molecule has 0 heterocycles. The molecular formula is C10H23NOS. The Hall–Kier alpha value is 0.110. The molecule has 2 atom stereocenters. The van der Waals surface area contributed by atoms with Crippen LogP contribution in [0.1, 0.15) is 33.6 Å². The van der Waals surface area contributed by atoms with Gasteiger partial charge in [0.2, 0.25) is 0 Å². The largest absolute Gasteiger partial charge is 0.316 e. The van der Waals surface area contributed by atoms with Crippen LogP contribution in [0.3, 0.4) is 0 Å². The first kappa shape index (κ1) is 13.1. The zero-order valence-corrected chi connectivity index (χ0v) is 9.95. The Labute approximate surface area is 84.9 Å². The van der Waals surface area contributed by atoms with Crippen molar-refractivity contribution in [1.82, 2.24) is 5.32 Å². The van der Waals surface area contributed by atoms with Gasteiger partial charge in [-0.3, -0.25) is 4.21 Å². The summed E-state index contributed by atoms with van der Waals surface area (Å²) in [4.78, 5) is 0. The molecule has 0 aromatic rings. The molecule has 0 bridgehead atoms. The zero-order chi connectivity index (χ0) is 10.1. The van der Waals surface area contributed by atoms with Crippen LogP contribution in [0.5, 0.6) is 0 Å². The Morgan fingerprint density at radius 3 is 2.54 bits per heavy atom. The van der Waals surface area contributed by atoms with Crippen molar-refractivity contribution in [3.63, 3.8) is 0 Å². The van der Waals surface area contributed by atoms with Crippen molar-refractivity contribution in [3.8, 4) is 0 Å². The minimum Gasteiger partial charge on any atom is -0.316 e. The van der Waals surface area contributed by atoms with Gasteiger partial charge < -0.3 is 5.32 Å². The second kappa shape index (κ2) is 8.70. The first-order valence-corrected chi connectivity index (χ1v) is 6.75.